The first kappa shape index (κ1) is 18.5. The van der Waals surface area contributed by atoms with Crippen LogP contribution in [0.4, 0.5) is 5.82 Å². The Labute approximate surface area is 168 Å². The van der Waals surface area contributed by atoms with Crippen LogP contribution in [0.2, 0.25) is 0 Å². The Morgan fingerprint density at radius 2 is 1.59 bits per heavy atom. The molecule has 0 aliphatic carbocycles. The van der Waals surface area contributed by atoms with Gasteiger partial charge in [0.05, 0.1) is 32.4 Å². The van der Waals surface area contributed by atoms with Gasteiger partial charge in [0.15, 0.2) is 5.65 Å². The van der Waals surface area contributed by atoms with Crippen molar-refractivity contribution in [1.29, 1.82) is 0 Å². The highest BCUT2D eigenvalue weighted by Gasteiger charge is 2.17. The summed E-state index contributed by atoms with van der Waals surface area (Å²) in [5.74, 6) is 2.47. The van der Waals surface area contributed by atoms with Crippen molar-refractivity contribution in [1.82, 2.24) is 15.0 Å². The first-order valence-corrected chi connectivity index (χ1v) is 8.92. The average Bonchev–Trinajstić information content (AvgIpc) is 2.78. The number of hydrogen-bond donors (Lipinski definition) is 1. The Bertz CT molecular complexity index is 1190. The quantitative estimate of drug-likeness (QED) is 0.553. The number of nitrogen functional groups attached to an aromatic ring is 1. The topological polar surface area (TPSA) is 92.4 Å². The molecule has 0 radical (unpaired) electrons. The summed E-state index contributed by atoms with van der Waals surface area (Å²) >= 11 is 0. The van der Waals surface area contributed by atoms with Gasteiger partial charge >= 0.3 is 0 Å². The van der Waals surface area contributed by atoms with Crippen molar-refractivity contribution in [2.24, 2.45) is 0 Å². The minimum absolute atomic E-state index is 0.347. The summed E-state index contributed by atoms with van der Waals surface area (Å²) in [5, 5.41) is 0.658. The zero-order chi connectivity index (χ0) is 20.4. The lowest BCUT2D eigenvalue weighted by molar-refractivity contribution is 0.404. The molecule has 2 N–H and O–H groups in total. The van der Waals surface area contributed by atoms with E-state index in [1.165, 1.54) is 6.33 Å². The molecule has 0 spiro atoms. The van der Waals surface area contributed by atoms with Gasteiger partial charge in [0.1, 0.15) is 29.4 Å². The second-order valence-electron chi connectivity index (χ2n) is 6.31. The second-order valence-corrected chi connectivity index (χ2v) is 6.31. The van der Waals surface area contributed by atoms with Gasteiger partial charge in [0.2, 0.25) is 0 Å². The molecule has 146 valence electrons. The van der Waals surface area contributed by atoms with Gasteiger partial charge in [0.25, 0.3) is 0 Å². The number of ether oxygens (including phenoxy) is 3. The second kappa shape index (κ2) is 7.63. The SMILES string of the molecule is COc1cccc(-c2cc(-c3cc(OC)ccc3OC)c3c(N)ncnc3n2)c1. The maximum atomic E-state index is 6.21. The maximum Gasteiger partial charge on any atom is 0.165 e. The molecule has 2 aromatic heterocycles. The molecule has 7 heteroatoms. The molecule has 7 nitrogen and oxygen atoms in total. The van der Waals surface area contributed by atoms with Crippen molar-refractivity contribution in [3.63, 3.8) is 0 Å². The van der Waals surface area contributed by atoms with Crippen molar-refractivity contribution in [3.8, 4) is 39.6 Å². The number of hydrogen-bond acceptors (Lipinski definition) is 7. The molecule has 0 bridgehead atoms. The summed E-state index contributed by atoms with van der Waals surface area (Å²) in [7, 11) is 4.88. The molecule has 0 saturated heterocycles. The number of aromatic nitrogens is 3. The molecule has 4 aromatic rings. The Balaban J connectivity index is 2.05. The van der Waals surface area contributed by atoms with E-state index in [1.54, 1.807) is 21.3 Å². The maximum absolute atomic E-state index is 6.21. The molecule has 0 unspecified atom stereocenters. The van der Waals surface area contributed by atoms with E-state index in [0.717, 1.165) is 28.1 Å². The van der Waals surface area contributed by atoms with Crippen molar-refractivity contribution in [3.05, 3.63) is 54.9 Å². The molecule has 2 heterocycles. The van der Waals surface area contributed by atoms with Crippen LogP contribution in [0.3, 0.4) is 0 Å². The number of rotatable bonds is 5. The summed E-state index contributed by atoms with van der Waals surface area (Å²) in [6.07, 6.45) is 1.41. The van der Waals surface area contributed by atoms with Crippen LogP contribution in [0.5, 0.6) is 17.2 Å². The predicted octanol–water partition coefficient (Wildman–Crippen LogP) is 3.97. The number of fused-ring (bicyclic) bond motifs is 1. The zero-order valence-electron chi connectivity index (χ0n) is 16.3. The lowest BCUT2D eigenvalue weighted by Gasteiger charge is -2.15. The standard InChI is InChI=1S/C22H20N4O3/c1-27-14-6-4-5-13(9-14)18-11-17(20-21(23)24-12-25-22(20)26-18)16-10-15(28-2)7-8-19(16)29-3/h4-12H,1-3H3,(H2,23,24,25,26). The van der Waals surface area contributed by atoms with E-state index in [2.05, 4.69) is 9.97 Å². The molecular weight excluding hydrogens is 368 g/mol. The lowest BCUT2D eigenvalue weighted by atomic mass is 9.98. The van der Waals surface area contributed by atoms with Crippen molar-refractivity contribution < 1.29 is 14.2 Å². The van der Waals surface area contributed by atoms with Gasteiger partial charge in [-0.1, -0.05) is 12.1 Å². The highest BCUT2D eigenvalue weighted by Crippen LogP contribution is 2.40. The molecule has 0 aliphatic heterocycles. The van der Waals surface area contributed by atoms with Gasteiger partial charge < -0.3 is 19.9 Å². The number of nitrogens with zero attached hydrogens (tertiary/aromatic N) is 3. The first-order valence-electron chi connectivity index (χ1n) is 8.92. The highest BCUT2D eigenvalue weighted by molar-refractivity contribution is 6.02. The van der Waals surface area contributed by atoms with Gasteiger partial charge in [-0.05, 0) is 36.4 Å². The average molecular weight is 388 g/mol. The summed E-state index contributed by atoms with van der Waals surface area (Å²) in [6.45, 7) is 0. The van der Waals surface area contributed by atoms with Crippen molar-refractivity contribution in [2.75, 3.05) is 27.1 Å². The van der Waals surface area contributed by atoms with Gasteiger partial charge in [0, 0.05) is 16.7 Å². The highest BCUT2D eigenvalue weighted by atomic mass is 16.5. The Hall–Kier alpha value is -3.87. The Morgan fingerprint density at radius 1 is 0.793 bits per heavy atom. The van der Waals surface area contributed by atoms with Crippen molar-refractivity contribution in [2.45, 2.75) is 0 Å². The van der Waals surface area contributed by atoms with Crippen LogP contribution >= 0.6 is 0 Å². The fraction of sp³-hybridized carbons (Fsp3) is 0.136. The minimum Gasteiger partial charge on any atom is -0.497 e. The van der Waals surface area contributed by atoms with E-state index in [4.69, 9.17) is 24.9 Å². The molecule has 2 aromatic carbocycles. The van der Waals surface area contributed by atoms with E-state index in [-0.39, 0.29) is 0 Å². The van der Waals surface area contributed by atoms with Crippen LogP contribution in [-0.4, -0.2) is 36.3 Å². The van der Waals surface area contributed by atoms with Gasteiger partial charge in [-0.25, -0.2) is 15.0 Å². The lowest BCUT2D eigenvalue weighted by Crippen LogP contribution is -2.00. The number of nitrogens with two attached hydrogens (primary N) is 1. The number of methoxy groups -OCH3 is 3. The third kappa shape index (κ3) is 3.38. The van der Waals surface area contributed by atoms with E-state index in [1.807, 2.05) is 48.5 Å². The molecule has 0 fully saturated rings. The normalized spacial score (nSPS) is 10.7. The monoisotopic (exact) mass is 388 g/mol. The molecule has 0 saturated carbocycles. The van der Waals surface area contributed by atoms with Crippen LogP contribution in [0.15, 0.2) is 54.9 Å². The van der Waals surface area contributed by atoms with Crippen LogP contribution in [0, 0.1) is 0 Å². The third-order valence-corrected chi connectivity index (χ3v) is 4.70. The Kier molecular flexibility index (Phi) is 4.87. The number of anilines is 1. The largest absolute Gasteiger partial charge is 0.497 e. The summed E-state index contributed by atoms with van der Waals surface area (Å²) < 4.78 is 16.4. The van der Waals surface area contributed by atoms with Gasteiger partial charge in [-0.3, -0.25) is 0 Å². The zero-order valence-corrected chi connectivity index (χ0v) is 16.3. The third-order valence-electron chi connectivity index (χ3n) is 4.70. The molecule has 0 aliphatic rings. The minimum atomic E-state index is 0.347. The molecule has 29 heavy (non-hydrogen) atoms. The van der Waals surface area contributed by atoms with E-state index >= 15 is 0 Å². The first-order chi connectivity index (χ1) is 14.1. The van der Waals surface area contributed by atoms with Crippen molar-refractivity contribution >= 4 is 16.9 Å². The number of benzene rings is 2. The smallest absolute Gasteiger partial charge is 0.165 e. The summed E-state index contributed by atoms with van der Waals surface area (Å²) in [5.41, 5.74) is 9.95. The molecule has 0 amide bonds. The van der Waals surface area contributed by atoms with Crippen LogP contribution in [0.1, 0.15) is 0 Å². The Morgan fingerprint density at radius 3 is 2.34 bits per heavy atom. The van der Waals surface area contributed by atoms with Gasteiger partial charge in [-0.15, -0.1) is 0 Å². The predicted molar refractivity (Wildman–Crippen MR) is 112 cm³/mol. The fourth-order valence-corrected chi connectivity index (χ4v) is 3.26. The molecule has 0 atom stereocenters. The van der Waals surface area contributed by atoms with E-state index in [9.17, 15) is 0 Å². The van der Waals surface area contributed by atoms with E-state index < -0.39 is 0 Å². The van der Waals surface area contributed by atoms with Crippen LogP contribution in [0.25, 0.3) is 33.4 Å². The summed E-state index contributed by atoms with van der Waals surface area (Å²) in [4.78, 5) is 13.2. The molecular formula is C22H20N4O3. The molecule has 4 rings (SSSR count). The van der Waals surface area contributed by atoms with E-state index in [0.29, 0.717) is 28.4 Å². The summed E-state index contributed by atoms with van der Waals surface area (Å²) in [6, 6.07) is 15.2. The fourth-order valence-electron chi connectivity index (χ4n) is 3.26. The number of pyridine rings is 1. The van der Waals surface area contributed by atoms with Crippen LogP contribution in [-0.2, 0) is 0 Å². The van der Waals surface area contributed by atoms with Crippen LogP contribution < -0.4 is 19.9 Å². The van der Waals surface area contributed by atoms with Gasteiger partial charge in [-0.2, -0.15) is 0 Å².